The summed E-state index contributed by atoms with van der Waals surface area (Å²) in [6.07, 6.45) is 4.01. The van der Waals surface area contributed by atoms with E-state index in [0.29, 0.717) is 5.41 Å². The van der Waals surface area contributed by atoms with Crippen molar-refractivity contribution in [1.29, 1.82) is 0 Å². The van der Waals surface area contributed by atoms with Crippen LogP contribution in [0.4, 0.5) is 0 Å². The third-order valence-electron chi connectivity index (χ3n) is 3.35. The number of hydrogen-bond acceptors (Lipinski definition) is 2. The van der Waals surface area contributed by atoms with Crippen molar-refractivity contribution in [2.24, 2.45) is 5.41 Å². The molecule has 0 aliphatic carbocycles. The predicted octanol–water partition coefficient (Wildman–Crippen LogP) is 2.50. The highest BCUT2D eigenvalue weighted by Crippen LogP contribution is 2.23. The van der Waals surface area contributed by atoms with Gasteiger partial charge < -0.3 is 10.2 Å². The second-order valence-electron chi connectivity index (χ2n) is 5.80. The van der Waals surface area contributed by atoms with Crippen LogP contribution in [0.25, 0.3) is 0 Å². The molecule has 1 aliphatic rings. The average Bonchev–Trinajstić information content (AvgIpc) is 2.51. The van der Waals surface area contributed by atoms with E-state index in [0.717, 1.165) is 19.1 Å². The highest BCUT2D eigenvalue weighted by Gasteiger charge is 2.27. The van der Waals surface area contributed by atoms with E-state index >= 15 is 0 Å². The molecule has 0 spiro atoms. The maximum atomic E-state index is 3.54. The summed E-state index contributed by atoms with van der Waals surface area (Å²) in [5.74, 6) is 0. The average molecular weight is 212 g/mol. The molecule has 15 heavy (non-hydrogen) atoms. The van der Waals surface area contributed by atoms with Crippen molar-refractivity contribution in [3.05, 3.63) is 0 Å². The van der Waals surface area contributed by atoms with Gasteiger partial charge in [0, 0.05) is 19.1 Å². The van der Waals surface area contributed by atoms with Crippen LogP contribution in [0, 0.1) is 5.41 Å². The van der Waals surface area contributed by atoms with E-state index in [4.69, 9.17) is 0 Å². The first-order valence-corrected chi connectivity index (χ1v) is 6.50. The van der Waals surface area contributed by atoms with Crippen LogP contribution >= 0.6 is 0 Å². The SMILES string of the molecule is CCCNCC(C)(C)CN1CCCC1C. The summed E-state index contributed by atoms with van der Waals surface area (Å²) in [6.45, 7) is 14.2. The van der Waals surface area contributed by atoms with Crippen molar-refractivity contribution >= 4 is 0 Å². The third kappa shape index (κ3) is 4.52. The van der Waals surface area contributed by atoms with Crippen LogP contribution in [0.3, 0.4) is 0 Å². The molecule has 1 fully saturated rings. The molecule has 1 heterocycles. The van der Waals surface area contributed by atoms with E-state index in [2.05, 4.69) is 37.9 Å². The quantitative estimate of drug-likeness (QED) is 0.681. The van der Waals surface area contributed by atoms with Crippen molar-refractivity contribution in [2.45, 2.75) is 53.0 Å². The van der Waals surface area contributed by atoms with Gasteiger partial charge in [-0.3, -0.25) is 0 Å². The minimum atomic E-state index is 0.410. The van der Waals surface area contributed by atoms with Gasteiger partial charge in [0.1, 0.15) is 0 Å². The van der Waals surface area contributed by atoms with E-state index in [-0.39, 0.29) is 0 Å². The Morgan fingerprint density at radius 3 is 2.67 bits per heavy atom. The number of likely N-dealkylation sites (tertiary alicyclic amines) is 1. The number of rotatable bonds is 6. The highest BCUT2D eigenvalue weighted by molar-refractivity contribution is 4.82. The third-order valence-corrected chi connectivity index (χ3v) is 3.35. The van der Waals surface area contributed by atoms with Gasteiger partial charge in [0.15, 0.2) is 0 Å². The normalized spacial score (nSPS) is 23.6. The monoisotopic (exact) mass is 212 g/mol. The molecule has 1 saturated heterocycles. The largest absolute Gasteiger partial charge is 0.316 e. The van der Waals surface area contributed by atoms with Gasteiger partial charge in [-0.05, 0) is 44.7 Å². The Hall–Kier alpha value is -0.0800. The van der Waals surface area contributed by atoms with Gasteiger partial charge in [0.05, 0.1) is 0 Å². The van der Waals surface area contributed by atoms with Crippen molar-refractivity contribution in [1.82, 2.24) is 10.2 Å². The first kappa shape index (κ1) is 13.0. The van der Waals surface area contributed by atoms with E-state index in [1.54, 1.807) is 0 Å². The molecule has 0 amide bonds. The first-order valence-electron chi connectivity index (χ1n) is 6.50. The van der Waals surface area contributed by atoms with E-state index < -0.39 is 0 Å². The molecule has 0 radical (unpaired) electrons. The van der Waals surface area contributed by atoms with Gasteiger partial charge >= 0.3 is 0 Å². The lowest BCUT2D eigenvalue weighted by molar-refractivity contribution is 0.169. The molecule has 0 aromatic carbocycles. The Bertz CT molecular complexity index is 177. The molecular formula is C13H28N2. The molecule has 90 valence electrons. The molecule has 0 aromatic heterocycles. The fourth-order valence-corrected chi connectivity index (χ4v) is 2.44. The summed E-state index contributed by atoms with van der Waals surface area (Å²) < 4.78 is 0. The minimum Gasteiger partial charge on any atom is -0.316 e. The molecule has 1 aliphatic heterocycles. The maximum absolute atomic E-state index is 3.54. The lowest BCUT2D eigenvalue weighted by Gasteiger charge is -2.32. The molecule has 1 rings (SSSR count). The van der Waals surface area contributed by atoms with Crippen LogP contribution < -0.4 is 5.32 Å². The fraction of sp³-hybridized carbons (Fsp3) is 1.00. The summed E-state index contributed by atoms with van der Waals surface area (Å²) in [6, 6.07) is 0.801. The van der Waals surface area contributed by atoms with Crippen molar-refractivity contribution in [3.63, 3.8) is 0 Å². The lowest BCUT2D eigenvalue weighted by Crippen LogP contribution is -2.41. The molecule has 0 bridgehead atoms. The van der Waals surface area contributed by atoms with Crippen LogP contribution in [-0.2, 0) is 0 Å². The smallest absolute Gasteiger partial charge is 0.00676 e. The second-order valence-corrected chi connectivity index (χ2v) is 5.80. The molecular weight excluding hydrogens is 184 g/mol. The van der Waals surface area contributed by atoms with Gasteiger partial charge in [0.2, 0.25) is 0 Å². The number of nitrogens with one attached hydrogen (secondary N) is 1. The van der Waals surface area contributed by atoms with Crippen molar-refractivity contribution < 1.29 is 0 Å². The Morgan fingerprint density at radius 1 is 1.40 bits per heavy atom. The second kappa shape index (κ2) is 5.86. The summed E-state index contributed by atoms with van der Waals surface area (Å²) >= 11 is 0. The molecule has 1 atom stereocenters. The summed E-state index contributed by atoms with van der Waals surface area (Å²) in [4.78, 5) is 2.65. The van der Waals surface area contributed by atoms with Crippen LogP contribution in [0.2, 0.25) is 0 Å². The number of nitrogens with zero attached hydrogens (tertiary/aromatic N) is 1. The van der Waals surface area contributed by atoms with Gasteiger partial charge in [0.25, 0.3) is 0 Å². The van der Waals surface area contributed by atoms with E-state index in [1.165, 1.54) is 32.4 Å². The van der Waals surface area contributed by atoms with Crippen LogP contribution in [0.5, 0.6) is 0 Å². The van der Waals surface area contributed by atoms with Crippen molar-refractivity contribution in [3.8, 4) is 0 Å². The Kier molecular flexibility index (Phi) is 5.07. The predicted molar refractivity (Wildman–Crippen MR) is 67.2 cm³/mol. The van der Waals surface area contributed by atoms with Crippen LogP contribution in [0.1, 0.15) is 47.0 Å². The van der Waals surface area contributed by atoms with Gasteiger partial charge in [-0.25, -0.2) is 0 Å². The van der Waals surface area contributed by atoms with E-state index in [9.17, 15) is 0 Å². The summed E-state index contributed by atoms with van der Waals surface area (Å²) in [5.41, 5.74) is 0.410. The maximum Gasteiger partial charge on any atom is 0.00676 e. The van der Waals surface area contributed by atoms with Gasteiger partial charge in [-0.15, -0.1) is 0 Å². The molecule has 2 heteroatoms. The zero-order valence-corrected chi connectivity index (χ0v) is 11.0. The van der Waals surface area contributed by atoms with Crippen LogP contribution in [-0.4, -0.2) is 37.1 Å². The Labute approximate surface area is 95.4 Å². The summed E-state index contributed by atoms with van der Waals surface area (Å²) in [7, 11) is 0. The highest BCUT2D eigenvalue weighted by atomic mass is 15.2. The zero-order chi connectivity index (χ0) is 11.3. The first-order chi connectivity index (χ1) is 7.05. The number of hydrogen-bond donors (Lipinski definition) is 1. The molecule has 2 nitrogen and oxygen atoms in total. The molecule has 0 saturated carbocycles. The molecule has 1 N–H and O–H groups in total. The lowest BCUT2D eigenvalue weighted by atomic mass is 9.92. The topological polar surface area (TPSA) is 15.3 Å². The Balaban J connectivity index is 2.27. The summed E-state index contributed by atoms with van der Waals surface area (Å²) in [5, 5.41) is 3.54. The standard InChI is InChI=1S/C13H28N2/c1-5-8-14-10-13(3,4)11-15-9-6-7-12(15)2/h12,14H,5-11H2,1-4H3. The fourth-order valence-electron chi connectivity index (χ4n) is 2.44. The zero-order valence-electron chi connectivity index (χ0n) is 11.0. The van der Waals surface area contributed by atoms with Crippen LogP contribution in [0.15, 0.2) is 0 Å². The Morgan fingerprint density at radius 2 is 2.13 bits per heavy atom. The van der Waals surface area contributed by atoms with Crippen molar-refractivity contribution in [2.75, 3.05) is 26.2 Å². The minimum absolute atomic E-state index is 0.410. The van der Waals surface area contributed by atoms with E-state index in [1.807, 2.05) is 0 Å². The van der Waals surface area contributed by atoms with Gasteiger partial charge in [-0.2, -0.15) is 0 Å². The molecule has 1 unspecified atom stereocenters. The molecule has 0 aromatic rings. The van der Waals surface area contributed by atoms with Gasteiger partial charge in [-0.1, -0.05) is 20.8 Å².